The van der Waals surface area contributed by atoms with E-state index in [2.05, 4.69) is 22.0 Å². The van der Waals surface area contributed by atoms with E-state index < -0.39 is 10.0 Å². The van der Waals surface area contributed by atoms with Gasteiger partial charge in [0, 0.05) is 37.8 Å². The lowest BCUT2D eigenvalue weighted by Crippen LogP contribution is -2.39. The first-order valence-electron chi connectivity index (χ1n) is 11.7. The number of benzene rings is 1. The van der Waals surface area contributed by atoms with E-state index in [1.807, 2.05) is 13.0 Å². The minimum atomic E-state index is -3.16. The molecular formula is C25H29N3O6S. The third-order valence-corrected chi connectivity index (χ3v) is 8.23. The summed E-state index contributed by atoms with van der Waals surface area (Å²) in [6.07, 6.45) is 7.24. The molecule has 2 aromatic heterocycles. The molecule has 4 heterocycles. The highest BCUT2D eigenvalue weighted by molar-refractivity contribution is 7.88. The van der Waals surface area contributed by atoms with E-state index in [0.29, 0.717) is 44.2 Å². The van der Waals surface area contributed by atoms with Crippen molar-refractivity contribution in [2.45, 2.75) is 38.9 Å². The fourth-order valence-corrected chi connectivity index (χ4v) is 5.60. The Morgan fingerprint density at radius 1 is 1.14 bits per heavy atom. The Labute approximate surface area is 204 Å². The highest BCUT2D eigenvalue weighted by Crippen LogP contribution is 2.33. The van der Waals surface area contributed by atoms with E-state index in [9.17, 15) is 13.2 Å². The van der Waals surface area contributed by atoms with Crippen LogP contribution < -0.4 is 10.2 Å². The second-order valence-corrected chi connectivity index (χ2v) is 11.3. The molecule has 1 saturated heterocycles. The van der Waals surface area contributed by atoms with E-state index in [4.69, 9.17) is 13.6 Å². The molecule has 2 aliphatic heterocycles. The van der Waals surface area contributed by atoms with Crippen molar-refractivity contribution in [2.75, 3.05) is 26.0 Å². The van der Waals surface area contributed by atoms with Crippen LogP contribution in [0.1, 0.15) is 42.7 Å². The molecule has 0 aliphatic carbocycles. The van der Waals surface area contributed by atoms with Gasteiger partial charge in [-0.1, -0.05) is 6.07 Å². The number of hydrogen-bond donors (Lipinski definition) is 0. The Morgan fingerprint density at radius 2 is 1.91 bits per heavy atom. The number of ether oxygens (including phenoxy) is 1. The van der Waals surface area contributed by atoms with Gasteiger partial charge in [0.2, 0.25) is 27.1 Å². The monoisotopic (exact) mass is 499 g/mol. The maximum absolute atomic E-state index is 12.7. The second kappa shape index (κ2) is 9.60. The summed E-state index contributed by atoms with van der Waals surface area (Å²) >= 11 is 0. The van der Waals surface area contributed by atoms with Gasteiger partial charge in [-0.2, -0.15) is 0 Å². The average molecular weight is 500 g/mol. The molecule has 0 spiro atoms. The number of oxazole rings is 1. The normalized spacial score (nSPS) is 18.5. The van der Waals surface area contributed by atoms with Crippen molar-refractivity contribution < 1.29 is 22.0 Å². The number of aromatic nitrogens is 1. The molecule has 10 heteroatoms. The van der Waals surface area contributed by atoms with Gasteiger partial charge in [-0.05, 0) is 48.9 Å². The number of sulfonamides is 1. The van der Waals surface area contributed by atoms with Crippen LogP contribution in [0.5, 0.6) is 5.75 Å². The van der Waals surface area contributed by atoms with Crippen molar-refractivity contribution in [1.29, 1.82) is 0 Å². The number of fused-ring (bicyclic) bond motifs is 1. The van der Waals surface area contributed by atoms with E-state index in [1.54, 1.807) is 12.5 Å². The zero-order valence-corrected chi connectivity index (χ0v) is 20.7. The molecule has 0 saturated carbocycles. The molecule has 0 radical (unpaired) electrons. The van der Waals surface area contributed by atoms with Gasteiger partial charge in [-0.3, -0.25) is 9.69 Å². The summed E-state index contributed by atoms with van der Waals surface area (Å²) in [7, 11) is -3.16. The summed E-state index contributed by atoms with van der Waals surface area (Å²) in [6, 6.07) is 7.62. The topological polar surface area (TPSA) is 106 Å². The molecule has 3 aromatic rings. The predicted octanol–water partition coefficient (Wildman–Crippen LogP) is 3.42. The molecule has 1 aromatic carbocycles. The maximum Gasteiger partial charge on any atom is 0.227 e. The van der Waals surface area contributed by atoms with Crippen molar-refractivity contribution in [1.82, 2.24) is 14.2 Å². The van der Waals surface area contributed by atoms with Crippen LogP contribution in [0, 0.1) is 5.92 Å². The van der Waals surface area contributed by atoms with Gasteiger partial charge in [0.15, 0.2) is 0 Å². The van der Waals surface area contributed by atoms with Crippen LogP contribution in [0.15, 0.2) is 56.6 Å². The summed E-state index contributed by atoms with van der Waals surface area (Å²) in [5, 5.41) is 0. The Balaban J connectivity index is 1.19. The zero-order valence-electron chi connectivity index (χ0n) is 19.8. The molecule has 0 N–H and O–H groups in total. The summed E-state index contributed by atoms with van der Waals surface area (Å²) in [6.45, 7) is 4.85. The Bertz CT molecular complexity index is 1340. The smallest absolute Gasteiger partial charge is 0.227 e. The fourth-order valence-electron chi connectivity index (χ4n) is 4.73. The van der Waals surface area contributed by atoms with Crippen molar-refractivity contribution in [2.24, 2.45) is 5.92 Å². The lowest BCUT2D eigenvalue weighted by molar-refractivity contribution is 0.173. The summed E-state index contributed by atoms with van der Waals surface area (Å²) in [5.41, 5.74) is 3.17. The molecule has 2 aliphatic rings. The molecular weight excluding hydrogens is 470 g/mol. The summed E-state index contributed by atoms with van der Waals surface area (Å²) < 4.78 is 41.8. The van der Waals surface area contributed by atoms with E-state index in [0.717, 1.165) is 18.7 Å². The molecule has 186 valence electrons. The molecule has 35 heavy (non-hydrogen) atoms. The van der Waals surface area contributed by atoms with Crippen LogP contribution in [0.2, 0.25) is 0 Å². The SMILES string of the molecule is CC(c1cc(=O)c(OCC2CCN(S(C)(=O)=O)CC2)co1)N1Cc2ccc(-c3ncco3)cc2C1. The van der Waals surface area contributed by atoms with Gasteiger partial charge in [0.05, 0.1) is 25.1 Å². The second-order valence-electron chi connectivity index (χ2n) is 9.33. The summed E-state index contributed by atoms with van der Waals surface area (Å²) in [5.74, 6) is 1.58. The number of rotatable bonds is 7. The van der Waals surface area contributed by atoms with Crippen molar-refractivity contribution >= 4 is 10.0 Å². The van der Waals surface area contributed by atoms with E-state index in [-0.39, 0.29) is 23.1 Å². The van der Waals surface area contributed by atoms with E-state index >= 15 is 0 Å². The van der Waals surface area contributed by atoms with Gasteiger partial charge in [0.25, 0.3) is 0 Å². The van der Waals surface area contributed by atoms with Crippen molar-refractivity contribution in [3.8, 4) is 17.2 Å². The maximum atomic E-state index is 12.7. The van der Waals surface area contributed by atoms with Crippen molar-refractivity contribution in [3.63, 3.8) is 0 Å². The Kier molecular flexibility index (Phi) is 6.52. The highest BCUT2D eigenvalue weighted by atomic mass is 32.2. The molecule has 0 amide bonds. The van der Waals surface area contributed by atoms with Gasteiger partial charge < -0.3 is 13.6 Å². The third kappa shape index (κ3) is 5.19. The van der Waals surface area contributed by atoms with Gasteiger partial charge >= 0.3 is 0 Å². The lowest BCUT2D eigenvalue weighted by Gasteiger charge is -2.29. The zero-order chi connectivity index (χ0) is 24.6. The summed E-state index contributed by atoms with van der Waals surface area (Å²) in [4.78, 5) is 19.2. The van der Waals surface area contributed by atoms with Gasteiger partial charge in [-0.15, -0.1) is 0 Å². The van der Waals surface area contributed by atoms with Gasteiger partial charge in [0.1, 0.15) is 18.3 Å². The minimum absolute atomic E-state index is 0.0883. The van der Waals surface area contributed by atoms with Crippen LogP contribution in [0.25, 0.3) is 11.5 Å². The lowest BCUT2D eigenvalue weighted by atomic mass is 9.99. The predicted molar refractivity (Wildman–Crippen MR) is 129 cm³/mol. The molecule has 1 atom stereocenters. The molecule has 1 unspecified atom stereocenters. The quantitative estimate of drug-likeness (QED) is 0.487. The molecule has 9 nitrogen and oxygen atoms in total. The number of piperidine rings is 1. The molecule has 0 bridgehead atoms. The van der Waals surface area contributed by atoms with Gasteiger partial charge in [-0.25, -0.2) is 17.7 Å². The van der Waals surface area contributed by atoms with Crippen LogP contribution in [0.3, 0.4) is 0 Å². The largest absolute Gasteiger partial charge is 0.486 e. The first-order chi connectivity index (χ1) is 16.8. The Hall–Kier alpha value is -2.95. The fraction of sp³-hybridized carbons (Fsp3) is 0.440. The minimum Gasteiger partial charge on any atom is -0.486 e. The van der Waals surface area contributed by atoms with Crippen LogP contribution in [-0.2, 0) is 23.1 Å². The number of nitrogens with zero attached hydrogens (tertiary/aromatic N) is 3. The van der Waals surface area contributed by atoms with Crippen LogP contribution in [-0.4, -0.2) is 48.6 Å². The number of hydrogen-bond acceptors (Lipinski definition) is 8. The average Bonchev–Trinajstić information content (AvgIpc) is 3.52. The van der Waals surface area contributed by atoms with E-state index in [1.165, 1.54) is 34.0 Å². The standard InChI is InChI=1S/C25H29N3O6S/c1-17(27-13-20-4-3-19(11-21(20)14-27)25-26-7-10-32-25)23-12-22(29)24(16-34-23)33-15-18-5-8-28(9-6-18)35(2,30)31/h3-4,7,10-12,16-18H,5-6,8-9,13-15H2,1-2H3. The first kappa shape index (κ1) is 23.8. The Morgan fingerprint density at radius 3 is 2.60 bits per heavy atom. The molecule has 1 fully saturated rings. The highest BCUT2D eigenvalue weighted by Gasteiger charge is 2.28. The van der Waals surface area contributed by atoms with Crippen molar-refractivity contribution in [3.05, 3.63) is 70.1 Å². The third-order valence-electron chi connectivity index (χ3n) is 6.93. The molecule has 5 rings (SSSR count). The first-order valence-corrected chi connectivity index (χ1v) is 13.6. The van der Waals surface area contributed by atoms with Crippen LogP contribution >= 0.6 is 0 Å². The van der Waals surface area contributed by atoms with Crippen LogP contribution in [0.4, 0.5) is 0 Å².